The summed E-state index contributed by atoms with van der Waals surface area (Å²) >= 11 is 0. The molecule has 0 rings (SSSR count). The highest BCUT2D eigenvalue weighted by Crippen LogP contribution is 2.08. The summed E-state index contributed by atoms with van der Waals surface area (Å²) in [5.41, 5.74) is 0. The van der Waals surface area contributed by atoms with E-state index >= 15 is 0 Å². The van der Waals surface area contributed by atoms with Gasteiger partial charge in [0.15, 0.2) is 6.10 Å². The molecular weight excluding hydrogens is 620 g/mol. The normalized spacial score (nSPS) is 13.3. The molecule has 0 aliphatic carbocycles. The number of aliphatic hydroxyl groups excluding tert-OH is 1. The van der Waals surface area contributed by atoms with Crippen molar-refractivity contribution in [2.24, 2.45) is 0 Å². The van der Waals surface area contributed by atoms with Gasteiger partial charge in [-0.25, -0.2) is 0 Å². The molecule has 1 N–H and O–H groups in total. The van der Waals surface area contributed by atoms with E-state index in [1.807, 2.05) is 12.2 Å². The highest BCUT2D eigenvalue weighted by Gasteiger charge is 2.15. The zero-order valence-corrected chi connectivity index (χ0v) is 31.9. The first kappa shape index (κ1) is 46.8. The van der Waals surface area contributed by atoms with E-state index in [1.54, 1.807) is 0 Å². The second kappa shape index (κ2) is 40.3. The number of unbranched alkanes of at least 4 members (excludes halogenated alkanes) is 10. The van der Waals surface area contributed by atoms with Crippen LogP contribution < -0.4 is 0 Å². The minimum Gasteiger partial charge on any atom is -0.462 e. The Hall–Kier alpha value is -3.18. The van der Waals surface area contributed by atoms with Crippen molar-refractivity contribution < 1.29 is 24.2 Å². The Morgan fingerprint density at radius 1 is 0.460 bits per heavy atom. The molecule has 0 aliphatic rings. The van der Waals surface area contributed by atoms with Gasteiger partial charge in [0.1, 0.15) is 6.61 Å². The lowest BCUT2D eigenvalue weighted by Gasteiger charge is -2.15. The lowest BCUT2D eigenvalue weighted by atomic mass is 10.1. The molecule has 0 spiro atoms. The second-order valence-electron chi connectivity index (χ2n) is 12.6. The molecule has 0 saturated carbocycles. The van der Waals surface area contributed by atoms with E-state index in [-0.39, 0.29) is 38.0 Å². The number of hydrogen-bond acceptors (Lipinski definition) is 5. The first-order valence-corrected chi connectivity index (χ1v) is 19.8. The third-order valence-corrected chi connectivity index (χ3v) is 7.86. The van der Waals surface area contributed by atoms with Gasteiger partial charge in [-0.15, -0.1) is 0 Å². The van der Waals surface area contributed by atoms with E-state index in [2.05, 4.69) is 98.9 Å². The number of carbonyl (C=O) groups excluding carboxylic acids is 2. The maximum atomic E-state index is 12.1. The van der Waals surface area contributed by atoms with Gasteiger partial charge in [-0.05, 0) is 83.5 Å². The molecule has 0 amide bonds. The second-order valence-corrected chi connectivity index (χ2v) is 12.6. The summed E-state index contributed by atoms with van der Waals surface area (Å²) < 4.78 is 10.5. The van der Waals surface area contributed by atoms with Crippen LogP contribution in [0.15, 0.2) is 97.2 Å². The molecule has 0 bridgehead atoms. The molecule has 0 radical (unpaired) electrons. The number of esters is 2. The van der Waals surface area contributed by atoms with Crippen molar-refractivity contribution in [1.82, 2.24) is 0 Å². The topological polar surface area (TPSA) is 72.8 Å². The minimum absolute atomic E-state index is 0.131. The number of carbonyl (C=O) groups is 2. The maximum Gasteiger partial charge on any atom is 0.306 e. The molecule has 5 heteroatoms. The highest BCUT2D eigenvalue weighted by atomic mass is 16.6. The van der Waals surface area contributed by atoms with Crippen molar-refractivity contribution in [3.63, 3.8) is 0 Å². The average molecular weight is 693 g/mol. The standard InChI is InChI=1S/C45H72O5/c1-3-5-7-9-11-13-15-17-19-21-22-24-25-27-29-31-33-35-37-39-44(47)49-42-43(41-46)50-45(48)40-38-36-34-32-30-28-26-23-20-18-16-14-12-10-8-6-4-2/h11,13,17-20,22,24,26-29,32-35,43,46H,3-10,12,14-16,21,23,25,30-31,36-42H2,1-2H3. The summed E-state index contributed by atoms with van der Waals surface area (Å²) in [5, 5.41) is 9.54. The smallest absolute Gasteiger partial charge is 0.306 e. The SMILES string of the molecule is CCCCCC=CCC=CCC=CCC=CCC=CCCC(=O)OCC(CO)OC(=O)CCCC=CCC=CCC=CCCCCCCCC. The largest absolute Gasteiger partial charge is 0.462 e. The fourth-order valence-corrected chi connectivity index (χ4v) is 4.84. The van der Waals surface area contributed by atoms with Crippen molar-refractivity contribution in [2.75, 3.05) is 13.2 Å². The molecule has 0 aliphatic heterocycles. The fraction of sp³-hybridized carbons (Fsp3) is 0.600. The van der Waals surface area contributed by atoms with E-state index in [0.29, 0.717) is 12.8 Å². The van der Waals surface area contributed by atoms with Gasteiger partial charge in [-0.3, -0.25) is 9.59 Å². The van der Waals surface area contributed by atoms with Crippen LogP contribution in [0.4, 0.5) is 0 Å². The van der Waals surface area contributed by atoms with E-state index in [1.165, 1.54) is 70.6 Å². The Kier molecular flexibility index (Phi) is 37.7. The summed E-state index contributed by atoms with van der Waals surface area (Å²) in [6.45, 7) is 3.97. The first-order chi connectivity index (χ1) is 24.6. The zero-order valence-electron chi connectivity index (χ0n) is 31.9. The average Bonchev–Trinajstić information content (AvgIpc) is 3.12. The molecule has 1 atom stereocenters. The van der Waals surface area contributed by atoms with Crippen LogP contribution in [0.2, 0.25) is 0 Å². The lowest BCUT2D eigenvalue weighted by molar-refractivity contribution is -0.161. The monoisotopic (exact) mass is 693 g/mol. The minimum atomic E-state index is -0.833. The van der Waals surface area contributed by atoms with Gasteiger partial charge in [0.2, 0.25) is 0 Å². The third-order valence-electron chi connectivity index (χ3n) is 7.86. The summed E-state index contributed by atoms with van der Waals surface area (Å²) in [6.07, 6.45) is 56.2. The van der Waals surface area contributed by atoms with Crippen molar-refractivity contribution in [2.45, 2.75) is 161 Å². The number of aliphatic hydroxyl groups is 1. The van der Waals surface area contributed by atoms with E-state index in [4.69, 9.17) is 9.47 Å². The summed E-state index contributed by atoms with van der Waals surface area (Å²) in [4.78, 5) is 24.2. The predicted molar refractivity (Wildman–Crippen MR) is 214 cm³/mol. The van der Waals surface area contributed by atoms with Crippen molar-refractivity contribution in [3.8, 4) is 0 Å². The molecule has 282 valence electrons. The van der Waals surface area contributed by atoms with E-state index < -0.39 is 6.10 Å². The molecule has 0 fully saturated rings. The summed E-state index contributed by atoms with van der Waals surface area (Å²) in [5.74, 6) is -0.758. The number of hydrogen-bond donors (Lipinski definition) is 1. The van der Waals surface area contributed by atoms with Gasteiger partial charge in [0.25, 0.3) is 0 Å². The maximum absolute atomic E-state index is 12.1. The van der Waals surface area contributed by atoms with Crippen LogP contribution in [0.25, 0.3) is 0 Å². The van der Waals surface area contributed by atoms with Gasteiger partial charge in [-0.2, -0.15) is 0 Å². The van der Waals surface area contributed by atoms with Gasteiger partial charge < -0.3 is 14.6 Å². The lowest BCUT2D eigenvalue weighted by Crippen LogP contribution is -2.28. The number of allylic oxidation sites excluding steroid dienone is 16. The van der Waals surface area contributed by atoms with Crippen LogP contribution in [0.1, 0.15) is 155 Å². The quantitative estimate of drug-likeness (QED) is 0.0413. The van der Waals surface area contributed by atoms with Crippen LogP contribution in [0, 0.1) is 0 Å². The molecule has 5 nitrogen and oxygen atoms in total. The number of ether oxygens (including phenoxy) is 2. The van der Waals surface area contributed by atoms with Crippen molar-refractivity contribution >= 4 is 11.9 Å². The first-order valence-electron chi connectivity index (χ1n) is 19.8. The predicted octanol–water partition coefficient (Wildman–Crippen LogP) is 12.5. The fourth-order valence-electron chi connectivity index (χ4n) is 4.84. The van der Waals surface area contributed by atoms with Gasteiger partial charge in [0, 0.05) is 12.8 Å². The summed E-state index contributed by atoms with van der Waals surface area (Å²) in [7, 11) is 0. The number of rotatable bonds is 34. The Bertz CT molecular complexity index is 1010. The molecule has 0 heterocycles. The highest BCUT2D eigenvalue weighted by molar-refractivity contribution is 5.70. The summed E-state index contributed by atoms with van der Waals surface area (Å²) in [6, 6.07) is 0. The molecule has 0 aromatic rings. The van der Waals surface area contributed by atoms with E-state index in [9.17, 15) is 14.7 Å². The van der Waals surface area contributed by atoms with Gasteiger partial charge >= 0.3 is 11.9 Å². The molecule has 1 unspecified atom stereocenters. The van der Waals surface area contributed by atoms with Crippen LogP contribution >= 0.6 is 0 Å². The van der Waals surface area contributed by atoms with Gasteiger partial charge in [0.05, 0.1) is 6.61 Å². The van der Waals surface area contributed by atoms with Crippen LogP contribution in [0.5, 0.6) is 0 Å². The van der Waals surface area contributed by atoms with Crippen molar-refractivity contribution in [3.05, 3.63) is 97.2 Å². The Labute approximate surface area is 307 Å². The molecule has 50 heavy (non-hydrogen) atoms. The Morgan fingerprint density at radius 2 is 0.840 bits per heavy atom. The van der Waals surface area contributed by atoms with Crippen molar-refractivity contribution in [1.29, 1.82) is 0 Å². The molecule has 0 aromatic heterocycles. The molecule has 0 saturated heterocycles. The Morgan fingerprint density at radius 3 is 1.32 bits per heavy atom. The zero-order chi connectivity index (χ0) is 36.4. The van der Waals surface area contributed by atoms with Crippen LogP contribution in [-0.4, -0.2) is 36.4 Å². The molecule has 0 aromatic carbocycles. The van der Waals surface area contributed by atoms with Gasteiger partial charge in [-0.1, -0.05) is 156 Å². The third kappa shape index (κ3) is 37.6. The molecular formula is C45H72O5. The van der Waals surface area contributed by atoms with E-state index in [0.717, 1.165) is 44.9 Å². The van der Waals surface area contributed by atoms with Crippen LogP contribution in [0.3, 0.4) is 0 Å². The van der Waals surface area contributed by atoms with Crippen LogP contribution in [-0.2, 0) is 19.1 Å². The Balaban J connectivity index is 3.81.